The van der Waals surface area contributed by atoms with E-state index in [-0.39, 0.29) is 17.0 Å². The number of amides is 1. The lowest BCUT2D eigenvalue weighted by molar-refractivity contribution is -0.113. The molecule has 1 amide bonds. The molecule has 2 aromatic carbocycles. The van der Waals surface area contributed by atoms with E-state index in [9.17, 15) is 9.59 Å². The van der Waals surface area contributed by atoms with Crippen molar-refractivity contribution in [1.82, 2.24) is 0 Å². The number of methoxy groups -OCH3 is 2. The van der Waals surface area contributed by atoms with Crippen LogP contribution in [0.2, 0.25) is 0 Å². The van der Waals surface area contributed by atoms with E-state index >= 15 is 0 Å². The average molecular weight is 460 g/mol. The third-order valence-corrected chi connectivity index (χ3v) is 5.02. The number of fused-ring (bicyclic) bond motifs is 1. The molecule has 0 spiro atoms. The van der Waals surface area contributed by atoms with Crippen LogP contribution in [-0.4, -0.2) is 36.8 Å². The van der Waals surface area contributed by atoms with Crippen LogP contribution in [0.1, 0.15) is 35.3 Å². The van der Waals surface area contributed by atoms with Gasteiger partial charge in [-0.05, 0) is 44.2 Å². The molecular formula is C22H22BrNO5. The number of carbonyl (C=O) groups is 2. The smallest absolute Gasteiger partial charge is 0.235 e. The SMILES string of the molecule is COc1ccc(C(=O)c2ccc(OC)c3c2C=CC(C)(C)O3)c(NC(=O)CBr)c1. The summed E-state index contributed by atoms with van der Waals surface area (Å²) in [6.07, 6.45) is 3.77. The Balaban J connectivity index is 2.11. The van der Waals surface area contributed by atoms with Gasteiger partial charge in [0.05, 0.1) is 25.2 Å². The fraction of sp³-hybridized carbons (Fsp3) is 0.273. The molecule has 0 fully saturated rings. The predicted octanol–water partition coefficient (Wildman–Crippen LogP) is 4.45. The number of anilines is 1. The van der Waals surface area contributed by atoms with Crippen molar-refractivity contribution >= 4 is 39.4 Å². The van der Waals surface area contributed by atoms with E-state index in [2.05, 4.69) is 21.2 Å². The highest BCUT2D eigenvalue weighted by atomic mass is 79.9. The molecular weight excluding hydrogens is 438 g/mol. The maximum absolute atomic E-state index is 13.4. The second-order valence-corrected chi connectivity index (χ2v) is 7.58. The number of rotatable bonds is 6. The molecule has 0 unspecified atom stereocenters. The lowest BCUT2D eigenvalue weighted by Crippen LogP contribution is -2.28. The molecule has 1 N–H and O–H groups in total. The van der Waals surface area contributed by atoms with Gasteiger partial charge in [-0.15, -0.1) is 0 Å². The quantitative estimate of drug-likeness (QED) is 0.510. The number of carbonyl (C=O) groups excluding carboxylic acids is 2. The first-order valence-corrected chi connectivity index (χ1v) is 10.1. The topological polar surface area (TPSA) is 73.9 Å². The molecule has 3 rings (SSSR count). The number of benzene rings is 2. The summed E-state index contributed by atoms with van der Waals surface area (Å²) in [6.45, 7) is 3.86. The molecule has 2 aromatic rings. The van der Waals surface area contributed by atoms with Gasteiger partial charge in [-0.3, -0.25) is 9.59 Å². The number of halogens is 1. The summed E-state index contributed by atoms with van der Waals surface area (Å²) in [5, 5.41) is 2.85. The third-order valence-electron chi connectivity index (χ3n) is 4.51. The van der Waals surface area contributed by atoms with Gasteiger partial charge in [-0.2, -0.15) is 0 Å². The second kappa shape index (κ2) is 8.29. The van der Waals surface area contributed by atoms with Crippen LogP contribution in [-0.2, 0) is 4.79 Å². The van der Waals surface area contributed by atoms with Gasteiger partial charge in [-0.1, -0.05) is 22.0 Å². The lowest BCUT2D eigenvalue weighted by Gasteiger charge is -2.30. The minimum atomic E-state index is -0.517. The predicted molar refractivity (Wildman–Crippen MR) is 116 cm³/mol. The van der Waals surface area contributed by atoms with Crippen LogP contribution < -0.4 is 19.5 Å². The van der Waals surface area contributed by atoms with Crippen molar-refractivity contribution in [3.63, 3.8) is 0 Å². The van der Waals surface area contributed by atoms with Crippen molar-refractivity contribution in [1.29, 1.82) is 0 Å². The molecule has 152 valence electrons. The largest absolute Gasteiger partial charge is 0.497 e. The molecule has 0 saturated heterocycles. The van der Waals surface area contributed by atoms with E-state index in [0.29, 0.717) is 39.6 Å². The van der Waals surface area contributed by atoms with Crippen molar-refractivity contribution in [3.05, 3.63) is 53.1 Å². The third kappa shape index (κ3) is 4.29. The van der Waals surface area contributed by atoms with Crippen LogP contribution in [0.25, 0.3) is 6.08 Å². The summed E-state index contributed by atoms with van der Waals surface area (Å²) >= 11 is 3.12. The van der Waals surface area contributed by atoms with Crippen LogP contribution in [0.15, 0.2) is 36.4 Å². The van der Waals surface area contributed by atoms with Crippen LogP contribution in [0.5, 0.6) is 17.2 Å². The Morgan fingerprint density at radius 2 is 1.83 bits per heavy atom. The first kappa shape index (κ1) is 20.9. The van der Waals surface area contributed by atoms with Gasteiger partial charge in [0.2, 0.25) is 5.91 Å². The molecule has 1 heterocycles. The van der Waals surface area contributed by atoms with Gasteiger partial charge >= 0.3 is 0 Å². The fourth-order valence-corrected chi connectivity index (χ4v) is 3.21. The van der Waals surface area contributed by atoms with Gasteiger partial charge in [-0.25, -0.2) is 0 Å². The minimum Gasteiger partial charge on any atom is -0.497 e. The van der Waals surface area contributed by atoms with Crippen molar-refractivity contribution in [2.75, 3.05) is 24.9 Å². The first-order chi connectivity index (χ1) is 13.8. The zero-order chi connectivity index (χ0) is 21.2. The Kier molecular flexibility index (Phi) is 5.98. The van der Waals surface area contributed by atoms with Crippen LogP contribution in [0.3, 0.4) is 0 Å². The summed E-state index contributed by atoms with van der Waals surface area (Å²) in [7, 11) is 3.08. The number of ether oxygens (including phenoxy) is 3. The minimum absolute atomic E-state index is 0.113. The van der Waals surface area contributed by atoms with Gasteiger partial charge in [0.25, 0.3) is 0 Å². The highest BCUT2D eigenvalue weighted by Crippen LogP contribution is 2.41. The van der Waals surface area contributed by atoms with Crippen molar-refractivity contribution < 1.29 is 23.8 Å². The Morgan fingerprint density at radius 3 is 2.48 bits per heavy atom. The Bertz CT molecular complexity index is 997. The zero-order valence-electron chi connectivity index (χ0n) is 16.7. The van der Waals surface area contributed by atoms with E-state index in [4.69, 9.17) is 14.2 Å². The maximum atomic E-state index is 13.4. The fourth-order valence-electron chi connectivity index (χ4n) is 3.07. The average Bonchev–Trinajstić information content (AvgIpc) is 2.71. The number of alkyl halides is 1. The maximum Gasteiger partial charge on any atom is 0.235 e. The summed E-state index contributed by atoms with van der Waals surface area (Å²) in [6, 6.07) is 8.36. The molecule has 0 radical (unpaired) electrons. The highest BCUT2D eigenvalue weighted by molar-refractivity contribution is 9.09. The van der Waals surface area contributed by atoms with Gasteiger partial charge in [0.15, 0.2) is 17.3 Å². The molecule has 0 aromatic heterocycles. The summed E-state index contributed by atoms with van der Waals surface area (Å²) in [5.74, 6) is 1.09. The van der Waals surface area contributed by atoms with E-state index in [0.717, 1.165) is 0 Å². The summed E-state index contributed by atoms with van der Waals surface area (Å²) in [4.78, 5) is 25.4. The monoisotopic (exact) mass is 459 g/mol. The summed E-state index contributed by atoms with van der Waals surface area (Å²) in [5.41, 5.74) is 1.31. The first-order valence-electron chi connectivity index (χ1n) is 8.97. The molecule has 1 aliphatic heterocycles. The normalized spacial score (nSPS) is 13.8. The van der Waals surface area contributed by atoms with E-state index < -0.39 is 5.60 Å². The zero-order valence-corrected chi connectivity index (χ0v) is 18.3. The molecule has 7 heteroatoms. The van der Waals surface area contributed by atoms with Gasteiger partial charge in [0.1, 0.15) is 11.4 Å². The van der Waals surface area contributed by atoms with Crippen molar-refractivity contribution in [2.24, 2.45) is 0 Å². The van der Waals surface area contributed by atoms with Crippen LogP contribution >= 0.6 is 15.9 Å². The molecule has 0 aliphatic carbocycles. The van der Waals surface area contributed by atoms with E-state index in [1.54, 1.807) is 37.4 Å². The summed E-state index contributed by atoms with van der Waals surface area (Å²) < 4.78 is 16.7. The van der Waals surface area contributed by atoms with Crippen molar-refractivity contribution in [2.45, 2.75) is 19.4 Å². The Labute approximate surface area is 178 Å². The van der Waals surface area contributed by atoms with Gasteiger partial charge < -0.3 is 19.5 Å². The Morgan fingerprint density at radius 1 is 1.10 bits per heavy atom. The lowest BCUT2D eigenvalue weighted by atomic mass is 9.93. The number of hydrogen-bond acceptors (Lipinski definition) is 5. The number of ketones is 1. The van der Waals surface area contributed by atoms with Crippen LogP contribution in [0, 0.1) is 0 Å². The molecule has 1 aliphatic rings. The van der Waals surface area contributed by atoms with E-state index in [1.165, 1.54) is 7.11 Å². The Hall–Kier alpha value is -2.80. The molecule has 6 nitrogen and oxygen atoms in total. The van der Waals surface area contributed by atoms with Crippen LogP contribution in [0.4, 0.5) is 5.69 Å². The molecule has 29 heavy (non-hydrogen) atoms. The highest BCUT2D eigenvalue weighted by Gasteiger charge is 2.29. The number of hydrogen-bond donors (Lipinski definition) is 1. The number of nitrogens with one attached hydrogen (secondary N) is 1. The van der Waals surface area contributed by atoms with E-state index in [1.807, 2.05) is 26.0 Å². The van der Waals surface area contributed by atoms with Gasteiger partial charge in [0, 0.05) is 22.8 Å². The van der Waals surface area contributed by atoms with Crippen molar-refractivity contribution in [3.8, 4) is 17.2 Å². The molecule has 0 atom stereocenters. The molecule has 0 saturated carbocycles. The second-order valence-electron chi connectivity index (χ2n) is 7.02. The standard InChI is InChI=1S/C22H22BrNO5/c1-22(2)10-9-15-14(7-8-18(28-4)21(15)29-22)20(26)16-6-5-13(27-3)11-17(16)24-19(25)12-23/h5-11H,12H2,1-4H3,(H,24,25). The molecule has 0 bridgehead atoms.